The third-order valence-corrected chi connectivity index (χ3v) is 7.30. The number of unbranched alkanes of at least 4 members (excludes halogenated alkanes) is 1. The lowest BCUT2D eigenvalue weighted by Gasteiger charge is -2.27. The van der Waals surface area contributed by atoms with Gasteiger partial charge >= 0.3 is 0 Å². The number of thiophene rings is 1. The van der Waals surface area contributed by atoms with Crippen LogP contribution >= 0.6 is 11.3 Å². The summed E-state index contributed by atoms with van der Waals surface area (Å²) in [5, 5.41) is 3.55. The minimum absolute atomic E-state index is 0.00142. The molecule has 0 spiro atoms. The molecular formula is C21H31N3O3S. The fourth-order valence-electron chi connectivity index (χ4n) is 4.44. The first-order valence-corrected chi connectivity index (χ1v) is 11.2. The second-order valence-corrected chi connectivity index (χ2v) is 9.22. The van der Waals surface area contributed by atoms with E-state index >= 15 is 0 Å². The second-order valence-electron chi connectivity index (χ2n) is 8.11. The van der Waals surface area contributed by atoms with Gasteiger partial charge in [-0.25, -0.2) is 0 Å². The molecule has 0 aromatic carbocycles. The molecule has 0 unspecified atom stereocenters. The number of hydrogen-bond acceptors (Lipinski definition) is 4. The first-order chi connectivity index (χ1) is 13.4. The summed E-state index contributed by atoms with van der Waals surface area (Å²) in [7, 11) is 0. The Kier molecular flexibility index (Phi) is 6.75. The fraction of sp³-hybridized carbons (Fsp3) is 0.667. The maximum atomic E-state index is 12.8. The molecule has 1 aliphatic heterocycles. The number of hydrogen-bond donors (Lipinski definition) is 2. The molecule has 0 bridgehead atoms. The van der Waals surface area contributed by atoms with Gasteiger partial charge in [-0.05, 0) is 43.6 Å². The van der Waals surface area contributed by atoms with Crippen molar-refractivity contribution in [3.8, 4) is 0 Å². The number of nitrogens with zero attached hydrogens (tertiary/aromatic N) is 1. The van der Waals surface area contributed by atoms with Crippen LogP contribution < -0.4 is 11.1 Å². The van der Waals surface area contributed by atoms with Crippen molar-refractivity contribution in [3.63, 3.8) is 0 Å². The lowest BCUT2D eigenvalue weighted by atomic mass is 9.79. The highest BCUT2D eigenvalue weighted by atomic mass is 32.1. The molecule has 0 saturated heterocycles. The Morgan fingerprint density at radius 3 is 2.54 bits per heavy atom. The van der Waals surface area contributed by atoms with E-state index in [1.165, 1.54) is 30.6 Å². The van der Waals surface area contributed by atoms with Gasteiger partial charge in [-0.15, -0.1) is 11.3 Å². The van der Waals surface area contributed by atoms with Gasteiger partial charge in [-0.2, -0.15) is 0 Å². The standard InChI is InChI=1S/C21H31N3O3S/c1-3-4-5-14-6-8-15(9-7-14)20(27)23-21-18(19(22)26)16-10-11-24(13(2)25)12-17(16)28-21/h14-15H,3-12H2,1-2H3,(H2,22,26)(H,23,27). The molecule has 28 heavy (non-hydrogen) atoms. The van der Waals surface area contributed by atoms with Crippen LogP contribution in [-0.2, 0) is 22.6 Å². The molecule has 6 nitrogen and oxygen atoms in total. The van der Waals surface area contributed by atoms with Crippen molar-refractivity contribution in [1.29, 1.82) is 0 Å². The average molecular weight is 406 g/mol. The molecule has 1 saturated carbocycles. The highest BCUT2D eigenvalue weighted by Gasteiger charge is 2.31. The van der Waals surface area contributed by atoms with E-state index in [2.05, 4.69) is 12.2 Å². The first kappa shape index (κ1) is 20.8. The van der Waals surface area contributed by atoms with Crippen LogP contribution in [0.15, 0.2) is 0 Å². The minimum atomic E-state index is -0.507. The third-order valence-electron chi connectivity index (χ3n) is 6.17. The summed E-state index contributed by atoms with van der Waals surface area (Å²) in [4.78, 5) is 39.3. The number of rotatable bonds is 6. The Bertz CT molecular complexity index is 750. The molecule has 1 aliphatic carbocycles. The number of carbonyl (C=O) groups excluding carboxylic acids is 3. The van der Waals surface area contributed by atoms with Gasteiger partial charge in [0.25, 0.3) is 5.91 Å². The van der Waals surface area contributed by atoms with Crippen molar-refractivity contribution in [3.05, 3.63) is 16.0 Å². The van der Waals surface area contributed by atoms with E-state index in [9.17, 15) is 14.4 Å². The van der Waals surface area contributed by atoms with E-state index in [1.807, 2.05) is 0 Å². The van der Waals surface area contributed by atoms with Crippen molar-refractivity contribution in [2.75, 3.05) is 11.9 Å². The Morgan fingerprint density at radius 1 is 1.21 bits per heavy atom. The van der Waals surface area contributed by atoms with E-state index in [4.69, 9.17) is 5.73 Å². The Balaban J connectivity index is 1.68. The van der Waals surface area contributed by atoms with Crippen LogP contribution in [0.4, 0.5) is 5.00 Å². The van der Waals surface area contributed by atoms with E-state index < -0.39 is 5.91 Å². The SMILES string of the molecule is CCCCC1CCC(C(=O)Nc2sc3c(c2C(N)=O)CCN(C(C)=O)C3)CC1. The molecule has 1 fully saturated rings. The van der Waals surface area contributed by atoms with Crippen molar-refractivity contribution < 1.29 is 14.4 Å². The zero-order valence-electron chi connectivity index (χ0n) is 16.9. The van der Waals surface area contributed by atoms with Crippen LogP contribution in [0.2, 0.25) is 0 Å². The zero-order valence-corrected chi connectivity index (χ0v) is 17.7. The van der Waals surface area contributed by atoms with Crippen LogP contribution in [0.25, 0.3) is 0 Å². The number of nitrogens with one attached hydrogen (secondary N) is 1. The smallest absolute Gasteiger partial charge is 0.251 e. The van der Waals surface area contributed by atoms with E-state index in [0.29, 0.717) is 30.1 Å². The maximum Gasteiger partial charge on any atom is 0.251 e. The summed E-state index contributed by atoms with van der Waals surface area (Å²) in [5.74, 6) is 0.263. The zero-order chi connectivity index (χ0) is 20.3. The minimum Gasteiger partial charge on any atom is -0.365 e. The number of nitrogens with two attached hydrogens (primary N) is 1. The van der Waals surface area contributed by atoms with Crippen LogP contribution in [0.3, 0.4) is 0 Å². The topological polar surface area (TPSA) is 92.5 Å². The van der Waals surface area contributed by atoms with Gasteiger partial charge in [-0.3, -0.25) is 14.4 Å². The van der Waals surface area contributed by atoms with Crippen molar-refractivity contribution in [1.82, 2.24) is 4.90 Å². The van der Waals surface area contributed by atoms with Gasteiger partial charge < -0.3 is 16.0 Å². The summed E-state index contributed by atoms with van der Waals surface area (Å²) >= 11 is 1.39. The lowest BCUT2D eigenvalue weighted by Crippen LogP contribution is -2.34. The Hall–Kier alpha value is -1.89. The molecule has 1 aromatic rings. The fourth-order valence-corrected chi connectivity index (χ4v) is 5.71. The highest BCUT2D eigenvalue weighted by molar-refractivity contribution is 7.17. The van der Waals surface area contributed by atoms with E-state index in [1.54, 1.807) is 11.8 Å². The van der Waals surface area contributed by atoms with Gasteiger partial charge in [0.2, 0.25) is 11.8 Å². The molecule has 2 aliphatic rings. The van der Waals surface area contributed by atoms with Gasteiger partial charge in [0, 0.05) is 24.3 Å². The molecule has 0 atom stereocenters. The second kappa shape index (κ2) is 9.07. The molecule has 3 rings (SSSR count). The predicted octanol–water partition coefficient (Wildman–Crippen LogP) is 3.69. The third kappa shape index (κ3) is 4.57. The lowest BCUT2D eigenvalue weighted by molar-refractivity contribution is -0.129. The van der Waals surface area contributed by atoms with Crippen LogP contribution in [0, 0.1) is 11.8 Å². The number of primary amides is 1. The largest absolute Gasteiger partial charge is 0.365 e. The maximum absolute atomic E-state index is 12.8. The number of amides is 3. The summed E-state index contributed by atoms with van der Waals surface area (Å²) in [6.07, 6.45) is 8.39. The van der Waals surface area contributed by atoms with Crippen molar-refractivity contribution in [2.24, 2.45) is 17.6 Å². The first-order valence-electron chi connectivity index (χ1n) is 10.4. The van der Waals surface area contributed by atoms with Crippen LogP contribution in [0.1, 0.15) is 79.6 Å². The predicted molar refractivity (Wildman–Crippen MR) is 111 cm³/mol. The van der Waals surface area contributed by atoms with E-state index in [0.717, 1.165) is 42.0 Å². The van der Waals surface area contributed by atoms with Gasteiger partial charge in [0.1, 0.15) is 5.00 Å². The van der Waals surface area contributed by atoms with E-state index in [-0.39, 0.29) is 17.7 Å². The van der Waals surface area contributed by atoms with Gasteiger partial charge in [0.05, 0.1) is 12.1 Å². The Labute approximate surface area is 170 Å². The van der Waals surface area contributed by atoms with Crippen LogP contribution in [0.5, 0.6) is 0 Å². The molecule has 7 heteroatoms. The normalized spacial score (nSPS) is 21.9. The number of anilines is 1. The van der Waals surface area contributed by atoms with Crippen LogP contribution in [-0.4, -0.2) is 29.2 Å². The molecular weight excluding hydrogens is 374 g/mol. The quantitative estimate of drug-likeness (QED) is 0.756. The highest BCUT2D eigenvalue weighted by Crippen LogP contribution is 2.38. The summed E-state index contributed by atoms with van der Waals surface area (Å²) in [5.41, 5.74) is 6.97. The molecule has 1 aromatic heterocycles. The molecule has 2 heterocycles. The van der Waals surface area contributed by atoms with Crippen molar-refractivity contribution in [2.45, 2.75) is 71.8 Å². The summed E-state index contributed by atoms with van der Waals surface area (Å²) in [6, 6.07) is 0. The average Bonchev–Trinajstić information content (AvgIpc) is 3.03. The summed E-state index contributed by atoms with van der Waals surface area (Å²) < 4.78 is 0. The van der Waals surface area contributed by atoms with Gasteiger partial charge in [0.15, 0.2) is 0 Å². The Morgan fingerprint density at radius 2 is 1.93 bits per heavy atom. The monoisotopic (exact) mass is 405 g/mol. The molecule has 3 N–H and O–H groups in total. The number of fused-ring (bicyclic) bond motifs is 1. The molecule has 154 valence electrons. The molecule has 0 radical (unpaired) electrons. The molecule has 3 amide bonds. The number of carbonyl (C=O) groups is 3. The van der Waals surface area contributed by atoms with Crippen molar-refractivity contribution >= 4 is 34.1 Å². The van der Waals surface area contributed by atoms with Gasteiger partial charge in [-0.1, -0.05) is 26.2 Å². The summed E-state index contributed by atoms with van der Waals surface area (Å²) in [6.45, 7) is 4.82.